The number of benzene rings is 1. The van der Waals surface area contributed by atoms with Crippen molar-refractivity contribution in [1.29, 1.82) is 0 Å². The summed E-state index contributed by atoms with van der Waals surface area (Å²) >= 11 is 0. The fourth-order valence-electron chi connectivity index (χ4n) is 1.71. The van der Waals surface area contributed by atoms with E-state index in [0.29, 0.717) is 6.42 Å². The van der Waals surface area contributed by atoms with Crippen LogP contribution in [0.2, 0.25) is 0 Å². The molecule has 0 saturated heterocycles. The maximum Gasteiger partial charge on any atom is 0.277 e. The summed E-state index contributed by atoms with van der Waals surface area (Å²) in [6, 6.07) is 2.80. The molecule has 1 amide bonds. The zero-order valence-electron chi connectivity index (χ0n) is 12.2. The third-order valence-corrected chi connectivity index (χ3v) is 2.85. The molecule has 1 radical (unpaired) electrons. The normalized spacial score (nSPS) is 10.8. The van der Waals surface area contributed by atoms with Gasteiger partial charge in [0.1, 0.15) is 0 Å². The fraction of sp³-hybridized carbons (Fsp3) is 0.286. The minimum Gasteiger partial charge on any atom is -0.347 e. The predicted molar refractivity (Wildman–Crippen MR) is 80.1 cm³/mol. The first-order valence-electron chi connectivity index (χ1n) is 6.36. The number of hydrogen-bond acceptors (Lipinski definition) is 5. The Morgan fingerprint density at radius 3 is 2.14 bits per heavy atom. The van der Waals surface area contributed by atoms with Crippen molar-refractivity contribution in [2.45, 2.75) is 20.3 Å². The first-order chi connectivity index (χ1) is 10.2. The first kappa shape index (κ1) is 17.3. The fourth-order valence-corrected chi connectivity index (χ4v) is 1.71. The van der Waals surface area contributed by atoms with Gasteiger partial charge in [-0.15, -0.1) is 6.58 Å². The second-order valence-corrected chi connectivity index (χ2v) is 5.35. The van der Waals surface area contributed by atoms with Crippen LogP contribution >= 0.6 is 0 Å². The number of nitrogens with one attached hydrogen (secondary N) is 1. The van der Waals surface area contributed by atoms with Crippen molar-refractivity contribution in [2.75, 3.05) is 0 Å². The summed E-state index contributed by atoms with van der Waals surface area (Å²) in [5, 5.41) is 24.1. The van der Waals surface area contributed by atoms with Crippen molar-refractivity contribution < 1.29 is 14.6 Å². The number of nitrogens with zero attached hydrogens (tertiary/aromatic N) is 2. The van der Waals surface area contributed by atoms with E-state index in [9.17, 15) is 25.0 Å². The highest BCUT2D eigenvalue weighted by atomic mass is 16.6. The van der Waals surface area contributed by atoms with Gasteiger partial charge in [-0.2, -0.15) is 0 Å². The molecular formula is C14H16N3O5. The lowest BCUT2D eigenvalue weighted by Crippen LogP contribution is -2.28. The van der Waals surface area contributed by atoms with E-state index >= 15 is 0 Å². The predicted octanol–water partition coefficient (Wildman–Crippen LogP) is 3.00. The van der Waals surface area contributed by atoms with Crippen molar-refractivity contribution in [3.8, 4) is 0 Å². The molecule has 117 valence electrons. The molecule has 0 spiro atoms. The van der Waals surface area contributed by atoms with Crippen molar-refractivity contribution in [2.24, 2.45) is 5.41 Å². The molecule has 0 bridgehead atoms. The van der Waals surface area contributed by atoms with E-state index in [2.05, 4.69) is 11.9 Å². The third-order valence-electron chi connectivity index (χ3n) is 2.85. The van der Waals surface area contributed by atoms with E-state index in [1.54, 1.807) is 6.08 Å². The number of nitro benzene ring substituents is 2. The summed E-state index contributed by atoms with van der Waals surface area (Å²) in [4.78, 5) is 32.0. The van der Waals surface area contributed by atoms with E-state index in [4.69, 9.17) is 0 Å². The molecule has 0 fully saturated rings. The maximum atomic E-state index is 12.0. The molecule has 0 aliphatic rings. The average Bonchev–Trinajstić information content (AvgIpc) is 2.44. The molecule has 0 aliphatic heterocycles. The monoisotopic (exact) mass is 306 g/mol. The molecule has 0 aliphatic carbocycles. The summed E-state index contributed by atoms with van der Waals surface area (Å²) in [6.45, 7) is 8.87. The van der Waals surface area contributed by atoms with Gasteiger partial charge in [0, 0.05) is 12.1 Å². The third kappa shape index (κ3) is 4.65. The highest BCUT2D eigenvalue weighted by molar-refractivity contribution is 5.96. The standard InChI is InChI=1S/C14H16N3O5/c1-4-5-14(2,3)9-15-13(18)10-6-11(16(19)20)8-12(7-10)17(21)22/h4,6-9H,1,5H2,2-3H3,(H,15,18). The Morgan fingerprint density at radius 2 is 1.73 bits per heavy atom. The molecule has 22 heavy (non-hydrogen) atoms. The van der Waals surface area contributed by atoms with Crippen LogP contribution in [0.3, 0.4) is 0 Å². The number of allylic oxidation sites excluding steroid dienone is 1. The lowest BCUT2D eigenvalue weighted by molar-refractivity contribution is -0.394. The molecule has 1 N–H and O–H groups in total. The highest BCUT2D eigenvalue weighted by Gasteiger charge is 2.22. The van der Waals surface area contributed by atoms with Gasteiger partial charge in [0.25, 0.3) is 17.3 Å². The molecule has 0 saturated carbocycles. The minimum absolute atomic E-state index is 0.147. The number of carbonyl (C=O) groups excluding carboxylic acids is 1. The van der Waals surface area contributed by atoms with Crippen LogP contribution in [-0.4, -0.2) is 15.8 Å². The van der Waals surface area contributed by atoms with Crippen LogP contribution in [0.1, 0.15) is 30.6 Å². The molecule has 1 aromatic rings. The number of hydrogen-bond donors (Lipinski definition) is 1. The second-order valence-electron chi connectivity index (χ2n) is 5.35. The Morgan fingerprint density at radius 1 is 1.23 bits per heavy atom. The molecule has 0 aromatic heterocycles. The molecule has 1 rings (SSSR count). The Balaban J connectivity index is 3.00. The van der Waals surface area contributed by atoms with Crippen LogP contribution in [0.15, 0.2) is 30.9 Å². The van der Waals surface area contributed by atoms with Gasteiger partial charge in [-0.3, -0.25) is 25.0 Å². The van der Waals surface area contributed by atoms with Crippen LogP contribution in [0, 0.1) is 32.2 Å². The molecule has 8 heteroatoms. The van der Waals surface area contributed by atoms with Gasteiger partial charge in [-0.1, -0.05) is 19.9 Å². The van der Waals surface area contributed by atoms with Crippen LogP contribution in [0.4, 0.5) is 11.4 Å². The molecule has 0 atom stereocenters. The summed E-state index contributed by atoms with van der Waals surface area (Å²) in [5.41, 5.74) is -1.52. The van der Waals surface area contributed by atoms with E-state index in [1.165, 1.54) is 6.54 Å². The Bertz CT molecular complexity index is 593. The summed E-state index contributed by atoms with van der Waals surface area (Å²) < 4.78 is 0. The van der Waals surface area contributed by atoms with Gasteiger partial charge in [-0.25, -0.2) is 0 Å². The zero-order valence-corrected chi connectivity index (χ0v) is 12.2. The molecule has 0 unspecified atom stereocenters. The molecule has 0 heterocycles. The highest BCUT2D eigenvalue weighted by Crippen LogP contribution is 2.25. The number of carbonyl (C=O) groups is 1. The maximum absolute atomic E-state index is 12.0. The number of amides is 1. The van der Waals surface area contributed by atoms with Gasteiger partial charge in [0.2, 0.25) is 0 Å². The Labute approximate surface area is 127 Å². The average molecular weight is 306 g/mol. The minimum atomic E-state index is -0.783. The second kappa shape index (κ2) is 6.79. The van der Waals surface area contributed by atoms with Crippen LogP contribution in [-0.2, 0) is 0 Å². The molecule has 8 nitrogen and oxygen atoms in total. The lowest BCUT2D eigenvalue weighted by Gasteiger charge is -2.22. The van der Waals surface area contributed by atoms with Gasteiger partial charge in [-0.05, 0) is 11.8 Å². The number of rotatable bonds is 7. The lowest BCUT2D eigenvalue weighted by atomic mass is 9.89. The summed E-state index contributed by atoms with van der Waals surface area (Å²) in [5.74, 6) is -0.649. The van der Waals surface area contributed by atoms with E-state index < -0.39 is 27.1 Å². The largest absolute Gasteiger partial charge is 0.347 e. The van der Waals surface area contributed by atoms with E-state index in [1.807, 2.05) is 13.8 Å². The zero-order chi connectivity index (χ0) is 16.9. The van der Waals surface area contributed by atoms with Gasteiger partial charge >= 0.3 is 0 Å². The molecule has 1 aromatic carbocycles. The van der Waals surface area contributed by atoms with Gasteiger partial charge in [0.05, 0.1) is 28.0 Å². The quantitative estimate of drug-likeness (QED) is 0.472. The van der Waals surface area contributed by atoms with Crippen LogP contribution < -0.4 is 5.32 Å². The number of non-ortho nitro benzene ring substituents is 2. The van der Waals surface area contributed by atoms with Gasteiger partial charge in [0.15, 0.2) is 0 Å². The Kier molecular flexibility index (Phi) is 5.33. The topological polar surface area (TPSA) is 115 Å². The SMILES string of the molecule is C=CCC(C)(C)[CH]NC(=O)c1cc([N+](=O)[O-])cc([N+](=O)[O-])c1. The van der Waals surface area contributed by atoms with Crippen molar-refractivity contribution in [3.05, 3.63) is 63.2 Å². The van der Waals surface area contributed by atoms with Crippen molar-refractivity contribution in [3.63, 3.8) is 0 Å². The summed E-state index contributed by atoms with van der Waals surface area (Å²) in [6.07, 6.45) is 2.31. The summed E-state index contributed by atoms with van der Waals surface area (Å²) in [7, 11) is 0. The van der Waals surface area contributed by atoms with Crippen molar-refractivity contribution >= 4 is 17.3 Å². The Hall–Kier alpha value is -2.77. The van der Waals surface area contributed by atoms with Crippen molar-refractivity contribution in [1.82, 2.24) is 5.32 Å². The van der Waals surface area contributed by atoms with E-state index in [0.717, 1.165) is 18.2 Å². The molecular weight excluding hydrogens is 290 g/mol. The smallest absolute Gasteiger partial charge is 0.277 e. The van der Waals surface area contributed by atoms with Gasteiger partial charge < -0.3 is 5.32 Å². The van der Waals surface area contributed by atoms with E-state index in [-0.39, 0.29) is 11.0 Å². The van der Waals surface area contributed by atoms with Crippen LogP contribution in [0.5, 0.6) is 0 Å². The van der Waals surface area contributed by atoms with Crippen LogP contribution in [0.25, 0.3) is 0 Å². The first-order valence-corrected chi connectivity index (χ1v) is 6.36. The number of nitro groups is 2.